The Morgan fingerprint density at radius 2 is 1.88 bits per heavy atom. The molecule has 17 heavy (non-hydrogen) atoms. The molecule has 1 amide bonds. The Labute approximate surface area is 106 Å². The third-order valence-electron chi connectivity index (χ3n) is 3.18. The second-order valence-corrected chi connectivity index (χ2v) is 6.42. The van der Waals surface area contributed by atoms with E-state index in [1.54, 1.807) is 0 Å². The summed E-state index contributed by atoms with van der Waals surface area (Å²) in [5.74, 6) is 0.214. The quantitative estimate of drug-likeness (QED) is 0.818. The van der Waals surface area contributed by atoms with Crippen molar-refractivity contribution in [2.45, 2.75) is 59.4 Å². The number of hydrogen-bond acceptors (Lipinski definition) is 2. The number of likely N-dealkylation sites (tertiary alicyclic amines) is 1. The molecule has 1 heterocycles. The third-order valence-corrected chi connectivity index (χ3v) is 3.18. The first kappa shape index (κ1) is 14.5. The normalized spacial score (nSPS) is 19.3. The van der Waals surface area contributed by atoms with Gasteiger partial charge >= 0.3 is 0 Å². The maximum atomic E-state index is 11.8. The number of carbonyl (C=O) groups excluding carboxylic acids is 1. The fourth-order valence-corrected chi connectivity index (χ4v) is 2.38. The van der Waals surface area contributed by atoms with E-state index in [1.807, 2.05) is 0 Å². The Balaban J connectivity index is 2.24. The van der Waals surface area contributed by atoms with Gasteiger partial charge in [0.15, 0.2) is 0 Å². The topological polar surface area (TPSA) is 32.3 Å². The van der Waals surface area contributed by atoms with E-state index < -0.39 is 0 Å². The van der Waals surface area contributed by atoms with Gasteiger partial charge in [0.25, 0.3) is 0 Å². The van der Waals surface area contributed by atoms with Gasteiger partial charge in [0.1, 0.15) is 0 Å². The van der Waals surface area contributed by atoms with Gasteiger partial charge in [-0.05, 0) is 31.2 Å². The number of amides is 1. The molecule has 0 unspecified atom stereocenters. The molecule has 1 saturated heterocycles. The van der Waals surface area contributed by atoms with E-state index in [4.69, 9.17) is 0 Å². The van der Waals surface area contributed by atoms with Gasteiger partial charge in [-0.15, -0.1) is 0 Å². The molecule has 1 aliphatic rings. The highest BCUT2D eigenvalue weighted by Crippen LogP contribution is 2.19. The summed E-state index contributed by atoms with van der Waals surface area (Å²) in [7, 11) is 0. The minimum Gasteiger partial charge on any atom is -0.353 e. The maximum Gasteiger partial charge on any atom is 0.220 e. The van der Waals surface area contributed by atoms with Crippen molar-refractivity contribution < 1.29 is 4.79 Å². The summed E-state index contributed by atoms with van der Waals surface area (Å²) in [6, 6.07) is 0.401. The summed E-state index contributed by atoms with van der Waals surface area (Å²) in [5, 5.41) is 3.17. The van der Waals surface area contributed by atoms with E-state index in [1.165, 1.54) is 13.0 Å². The number of hydrogen-bond donors (Lipinski definition) is 1. The summed E-state index contributed by atoms with van der Waals surface area (Å²) in [5.41, 5.74) is 0.0903. The highest BCUT2D eigenvalue weighted by atomic mass is 16.1. The highest BCUT2D eigenvalue weighted by Gasteiger charge is 2.22. The first-order valence-electron chi connectivity index (χ1n) is 6.92. The van der Waals surface area contributed by atoms with Gasteiger partial charge < -0.3 is 10.2 Å². The van der Waals surface area contributed by atoms with Gasteiger partial charge in [0.05, 0.1) is 0 Å². The molecule has 3 nitrogen and oxygen atoms in total. The van der Waals surface area contributed by atoms with Crippen LogP contribution in [0.1, 0.15) is 53.4 Å². The second kappa shape index (κ2) is 6.39. The van der Waals surface area contributed by atoms with Crippen molar-refractivity contribution in [1.29, 1.82) is 0 Å². The monoisotopic (exact) mass is 240 g/mol. The summed E-state index contributed by atoms with van der Waals surface area (Å²) in [6.45, 7) is 12.0. The van der Waals surface area contributed by atoms with Crippen LogP contribution in [0, 0.1) is 5.41 Å². The predicted octanol–water partition coefficient (Wildman–Crippen LogP) is 2.41. The van der Waals surface area contributed by atoms with E-state index in [-0.39, 0.29) is 11.3 Å². The zero-order valence-corrected chi connectivity index (χ0v) is 11.9. The Morgan fingerprint density at radius 3 is 2.35 bits per heavy atom. The van der Waals surface area contributed by atoms with E-state index in [0.717, 1.165) is 25.9 Å². The summed E-state index contributed by atoms with van der Waals surface area (Å²) in [6.07, 6.45) is 4.06. The van der Waals surface area contributed by atoms with E-state index >= 15 is 0 Å². The van der Waals surface area contributed by atoms with Gasteiger partial charge in [-0.1, -0.05) is 27.7 Å². The minimum absolute atomic E-state index is 0.0903. The number of rotatable bonds is 4. The van der Waals surface area contributed by atoms with E-state index in [0.29, 0.717) is 12.5 Å². The first-order valence-corrected chi connectivity index (χ1v) is 6.92. The zero-order chi connectivity index (χ0) is 12.9. The van der Waals surface area contributed by atoms with E-state index in [2.05, 4.69) is 37.9 Å². The Hall–Kier alpha value is -0.570. The van der Waals surface area contributed by atoms with Crippen LogP contribution < -0.4 is 5.32 Å². The van der Waals surface area contributed by atoms with Crippen LogP contribution in [0.5, 0.6) is 0 Å². The van der Waals surface area contributed by atoms with Crippen LogP contribution in [0.4, 0.5) is 0 Å². The molecule has 3 heteroatoms. The Bertz CT molecular complexity index is 237. The molecule has 0 saturated carbocycles. The molecule has 1 fully saturated rings. The molecule has 0 bridgehead atoms. The molecule has 0 aromatic carbocycles. The van der Waals surface area contributed by atoms with Crippen molar-refractivity contribution in [3.8, 4) is 0 Å². The fraction of sp³-hybridized carbons (Fsp3) is 0.929. The largest absolute Gasteiger partial charge is 0.353 e. The maximum absolute atomic E-state index is 11.8. The molecule has 1 aliphatic heterocycles. The molecule has 0 aliphatic carbocycles. The van der Waals surface area contributed by atoms with Gasteiger partial charge in [-0.25, -0.2) is 0 Å². The van der Waals surface area contributed by atoms with Crippen molar-refractivity contribution in [2.24, 2.45) is 5.41 Å². The standard InChI is InChI=1S/C14H28N2O/c1-5-8-16-9-6-12(7-10-16)15-13(17)11-14(2,3)4/h12H,5-11H2,1-4H3,(H,15,17). The number of piperidine rings is 1. The lowest BCUT2D eigenvalue weighted by atomic mass is 9.91. The number of nitrogens with one attached hydrogen (secondary N) is 1. The average molecular weight is 240 g/mol. The molecule has 0 aromatic heterocycles. The van der Waals surface area contributed by atoms with Crippen LogP contribution in [-0.2, 0) is 4.79 Å². The van der Waals surface area contributed by atoms with Crippen LogP contribution >= 0.6 is 0 Å². The molecule has 1 N–H and O–H groups in total. The van der Waals surface area contributed by atoms with Crippen LogP contribution in [0.3, 0.4) is 0 Å². The summed E-state index contributed by atoms with van der Waals surface area (Å²) >= 11 is 0. The van der Waals surface area contributed by atoms with Crippen molar-refractivity contribution in [1.82, 2.24) is 10.2 Å². The SMILES string of the molecule is CCCN1CCC(NC(=O)CC(C)(C)C)CC1. The summed E-state index contributed by atoms with van der Waals surface area (Å²) in [4.78, 5) is 14.3. The zero-order valence-electron chi connectivity index (χ0n) is 11.9. The molecule has 0 aromatic rings. The predicted molar refractivity (Wildman–Crippen MR) is 72.0 cm³/mol. The van der Waals surface area contributed by atoms with Crippen molar-refractivity contribution in [2.75, 3.05) is 19.6 Å². The molecule has 0 spiro atoms. The first-order chi connectivity index (χ1) is 7.90. The molecular formula is C14H28N2O. The molecular weight excluding hydrogens is 212 g/mol. The molecule has 0 atom stereocenters. The fourth-order valence-electron chi connectivity index (χ4n) is 2.38. The lowest BCUT2D eigenvalue weighted by Gasteiger charge is -2.32. The molecule has 100 valence electrons. The number of nitrogens with zero attached hydrogens (tertiary/aromatic N) is 1. The lowest BCUT2D eigenvalue weighted by molar-refractivity contribution is -0.123. The lowest BCUT2D eigenvalue weighted by Crippen LogP contribution is -2.45. The summed E-state index contributed by atoms with van der Waals surface area (Å²) < 4.78 is 0. The Morgan fingerprint density at radius 1 is 1.29 bits per heavy atom. The highest BCUT2D eigenvalue weighted by molar-refractivity contribution is 5.76. The van der Waals surface area contributed by atoms with Crippen LogP contribution in [0.2, 0.25) is 0 Å². The van der Waals surface area contributed by atoms with Gasteiger partial charge in [-0.3, -0.25) is 4.79 Å². The van der Waals surface area contributed by atoms with Crippen LogP contribution in [0.15, 0.2) is 0 Å². The minimum atomic E-state index is 0.0903. The van der Waals surface area contributed by atoms with Gasteiger partial charge in [-0.2, -0.15) is 0 Å². The third kappa shape index (κ3) is 6.06. The van der Waals surface area contributed by atoms with Crippen molar-refractivity contribution in [3.05, 3.63) is 0 Å². The van der Waals surface area contributed by atoms with Gasteiger partial charge in [0, 0.05) is 25.6 Å². The van der Waals surface area contributed by atoms with Crippen molar-refractivity contribution in [3.63, 3.8) is 0 Å². The van der Waals surface area contributed by atoms with Gasteiger partial charge in [0.2, 0.25) is 5.91 Å². The average Bonchev–Trinajstić information content (AvgIpc) is 2.18. The van der Waals surface area contributed by atoms with Crippen molar-refractivity contribution >= 4 is 5.91 Å². The number of carbonyl (C=O) groups is 1. The van der Waals surface area contributed by atoms with Crippen LogP contribution in [0.25, 0.3) is 0 Å². The Kier molecular flexibility index (Phi) is 5.44. The molecule has 1 rings (SSSR count). The smallest absolute Gasteiger partial charge is 0.220 e. The molecule has 0 radical (unpaired) electrons. The second-order valence-electron chi connectivity index (χ2n) is 6.42. The van der Waals surface area contributed by atoms with Crippen LogP contribution in [-0.4, -0.2) is 36.5 Å². The van der Waals surface area contributed by atoms with E-state index in [9.17, 15) is 4.79 Å².